The van der Waals surface area contributed by atoms with Crippen molar-refractivity contribution in [2.45, 2.75) is 6.42 Å². The van der Waals surface area contributed by atoms with Crippen LogP contribution in [0.3, 0.4) is 0 Å². The summed E-state index contributed by atoms with van der Waals surface area (Å²) in [5.74, 6) is 0.644. The lowest BCUT2D eigenvalue weighted by Crippen LogP contribution is -2.28. The molecule has 2 rings (SSSR count). The minimum absolute atomic E-state index is 0.177. The largest absolute Gasteiger partial charge is 0.373 e. The van der Waals surface area contributed by atoms with Gasteiger partial charge < -0.3 is 5.32 Å². The molecule has 0 saturated carbocycles. The van der Waals surface area contributed by atoms with Crippen LogP contribution in [-0.2, 0) is 6.42 Å². The monoisotopic (exact) mass is 324 g/mol. The first-order valence-electron chi connectivity index (χ1n) is 6.33. The Morgan fingerprint density at radius 3 is 2.67 bits per heavy atom. The molecule has 0 aliphatic carbocycles. The van der Waals surface area contributed by atoms with Gasteiger partial charge in [-0.2, -0.15) is 0 Å². The second-order valence-electron chi connectivity index (χ2n) is 4.25. The van der Waals surface area contributed by atoms with E-state index in [9.17, 15) is 4.79 Å². The maximum Gasteiger partial charge on any atom is 0.320 e. The van der Waals surface area contributed by atoms with Crippen LogP contribution in [0.25, 0.3) is 0 Å². The first-order chi connectivity index (χ1) is 10.1. The first kappa shape index (κ1) is 15.5. The van der Waals surface area contributed by atoms with Gasteiger partial charge in [0.15, 0.2) is 0 Å². The van der Waals surface area contributed by atoms with Crippen molar-refractivity contribution in [2.24, 2.45) is 0 Å². The van der Waals surface area contributed by atoms with E-state index in [1.165, 1.54) is 4.90 Å². The smallest absolute Gasteiger partial charge is 0.320 e. The normalized spacial score (nSPS) is 10.2. The Balaban J connectivity index is 2.15. The molecule has 1 heterocycles. The lowest BCUT2D eigenvalue weighted by Gasteiger charge is -2.20. The number of amides is 1. The third-order valence-electron chi connectivity index (χ3n) is 2.96. The van der Waals surface area contributed by atoms with Crippen LogP contribution in [0.15, 0.2) is 36.5 Å². The average molecular weight is 325 g/mol. The SMILES string of the molecule is CNc1nc(Cl)ncc1CCN(C(=O)Cl)c1ccccc1. The second-order valence-corrected chi connectivity index (χ2v) is 4.91. The van der Waals surface area contributed by atoms with E-state index in [0.29, 0.717) is 18.8 Å². The Labute approximate surface area is 132 Å². The molecule has 1 amide bonds. The summed E-state index contributed by atoms with van der Waals surface area (Å²) in [4.78, 5) is 21.1. The third-order valence-corrected chi connectivity index (χ3v) is 3.34. The molecule has 0 bridgehead atoms. The van der Waals surface area contributed by atoms with Gasteiger partial charge in [0.2, 0.25) is 5.28 Å². The quantitative estimate of drug-likeness (QED) is 0.519. The van der Waals surface area contributed by atoms with Crippen molar-refractivity contribution in [3.63, 3.8) is 0 Å². The van der Waals surface area contributed by atoms with Crippen molar-refractivity contribution in [3.05, 3.63) is 47.4 Å². The number of halogens is 2. The number of rotatable bonds is 5. The number of benzene rings is 1. The van der Waals surface area contributed by atoms with E-state index < -0.39 is 5.37 Å². The molecule has 1 aromatic heterocycles. The number of anilines is 2. The number of nitrogens with one attached hydrogen (secondary N) is 1. The Kier molecular flexibility index (Phi) is 5.36. The van der Waals surface area contributed by atoms with Crippen molar-refractivity contribution in [2.75, 3.05) is 23.8 Å². The van der Waals surface area contributed by atoms with Gasteiger partial charge in [-0.3, -0.25) is 9.69 Å². The van der Waals surface area contributed by atoms with E-state index in [1.807, 2.05) is 30.3 Å². The second kappa shape index (κ2) is 7.24. The molecule has 0 radical (unpaired) electrons. The maximum absolute atomic E-state index is 11.6. The summed E-state index contributed by atoms with van der Waals surface area (Å²) in [7, 11) is 1.75. The van der Waals surface area contributed by atoms with E-state index in [2.05, 4.69) is 15.3 Å². The van der Waals surface area contributed by atoms with Gasteiger partial charge in [-0.25, -0.2) is 9.97 Å². The Hall–Kier alpha value is -1.85. The highest BCUT2D eigenvalue weighted by atomic mass is 35.5. The number of hydrogen-bond acceptors (Lipinski definition) is 4. The first-order valence-corrected chi connectivity index (χ1v) is 7.08. The van der Waals surface area contributed by atoms with Gasteiger partial charge in [0.05, 0.1) is 0 Å². The fraction of sp³-hybridized carbons (Fsp3) is 0.214. The summed E-state index contributed by atoms with van der Waals surface area (Å²) < 4.78 is 0. The number of aromatic nitrogens is 2. The van der Waals surface area contributed by atoms with Gasteiger partial charge in [-0.1, -0.05) is 18.2 Å². The van der Waals surface area contributed by atoms with Gasteiger partial charge in [-0.15, -0.1) is 0 Å². The number of para-hydroxylation sites is 1. The predicted octanol–water partition coefficient (Wildman–Crippen LogP) is 3.58. The lowest BCUT2D eigenvalue weighted by atomic mass is 10.2. The molecule has 1 N–H and O–H groups in total. The third kappa shape index (κ3) is 4.06. The van der Waals surface area contributed by atoms with Crippen molar-refractivity contribution >= 4 is 40.1 Å². The topological polar surface area (TPSA) is 58.1 Å². The number of carbonyl (C=O) groups excluding carboxylic acids is 1. The van der Waals surface area contributed by atoms with Crippen LogP contribution < -0.4 is 10.2 Å². The highest BCUT2D eigenvalue weighted by molar-refractivity contribution is 6.66. The maximum atomic E-state index is 11.6. The van der Waals surface area contributed by atoms with E-state index in [4.69, 9.17) is 23.2 Å². The molecule has 7 heteroatoms. The highest BCUT2D eigenvalue weighted by Crippen LogP contribution is 2.19. The van der Waals surface area contributed by atoms with Crippen LogP contribution in [0.2, 0.25) is 5.28 Å². The fourth-order valence-electron chi connectivity index (χ4n) is 1.94. The van der Waals surface area contributed by atoms with Gasteiger partial charge in [-0.05, 0) is 41.8 Å². The lowest BCUT2D eigenvalue weighted by molar-refractivity contribution is 0.264. The number of hydrogen-bond donors (Lipinski definition) is 1. The molecule has 0 spiro atoms. The molecular weight excluding hydrogens is 311 g/mol. The molecule has 0 saturated heterocycles. The molecule has 5 nitrogen and oxygen atoms in total. The van der Waals surface area contributed by atoms with Crippen LogP contribution in [0.5, 0.6) is 0 Å². The van der Waals surface area contributed by atoms with E-state index in [-0.39, 0.29) is 5.28 Å². The molecule has 0 atom stereocenters. The van der Waals surface area contributed by atoms with Crippen LogP contribution in [0.4, 0.5) is 16.3 Å². The number of carbonyl (C=O) groups is 1. The van der Waals surface area contributed by atoms with Crippen LogP contribution >= 0.6 is 23.2 Å². The van der Waals surface area contributed by atoms with Crippen molar-refractivity contribution in [1.29, 1.82) is 0 Å². The number of nitrogens with zero attached hydrogens (tertiary/aromatic N) is 3. The van der Waals surface area contributed by atoms with E-state index in [0.717, 1.165) is 11.3 Å². The average Bonchev–Trinajstić information content (AvgIpc) is 2.49. The summed E-state index contributed by atoms with van der Waals surface area (Å²) in [5, 5.41) is 2.61. The molecule has 0 unspecified atom stereocenters. The predicted molar refractivity (Wildman–Crippen MR) is 85.3 cm³/mol. The molecule has 21 heavy (non-hydrogen) atoms. The van der Waals surface area contributed by atoms with Gasteiger partial charge >= 0.3 is 5.37 Å². The van der Waals surface area contributed by atoms with Crippen molar-refractivity contribution in [3.8, 4) is 0 Å². The Morgan fingerprint density at radius 2 is 2.05 bits per heavy atom. The molecule has 1 aromatic carbocycles. The molecule has 2 aromatic rings. The summed E-state index contributed by atoms with van der Waals surface area (Å²) in [6, 6.07) is 9.25. The zero-order valence-corrected chi connectivity index (χ0v) is 12.9. The summed E-state index contributed by atoms with van der Waals surface area (Å²) in [5.41, 5.74) is 1.61. The van der Waals surface area contributed by atoms with Gasteiger partial charge in [0, 0.05) is 31.0 Å². The molecule has 0 fully saturated rings. The Morgan fingerprint density at radius 1 is 1.33 bits per heavy atom. The van der Waals surface area contributed by atoms with Crippen molar-refractivity contribution < 1.29 is 4.79 Å². The summed E-state index contributed by atoms with van der Waals surface area (Å²) in [6.07, 6.45) is 2.20. The molecule has 110 valence electrons. The molecular formula is C14H14Cl2N4O. The zero-order chi connectivity index (χ0) is 15.2. The summed E-state index contributed by atoms with van der Waals surface area (Å²) >= 11 is 11.4. The molecule has 0 aliphatic rings. The fourth-order valence-corrected chi connectivity index (χ4v) is 2.26. The van der Waals surface area contributed by atoms with Crippen molar-refractivity contribution in [1.82, 2.24) is 9.97 Å². The van der Waals surface area contributed by atoms with Gasteiger partial charge in [0.25, 0.3) is 0 Å². The van der Waals surface area contributed by atoms with E-state index in [1.54, 1.807) is 13.2 Å². The standard InChI is InChI=1S/C14H14Cl2N4O/c1-17-12-10(9-18-13(15)19-12)7-8-20(14(16)21)11-5-3-2-4-6-11/h2-6,9H,7-8H2,1H3,(H,17,18,19). The van der Waals surface area contributed by atoms with Crippen LogP contribution in [0, 0.1) is 0 Å². The molecule has 0 aliphatic heterocycles. The minimum Gasteiger partial charge on any atom is -0.373 e. The van der Waals surface area contributed by atoms with Crippen LogP contribution in [0.1, 0.15) is 5.56 Å². The Bertz CT molecular complexity index is 622. The minimum atomic E-state index is -0.526. The van der Waals surface area contributed by atoms with E-state index >= 15 is 0 Å². The summed E-state index contributed by atoms with van der Waals surface area (Å²) in [6.45, 7) is 0.423. The zero-order valence-electron chi connectivity index (χ0n) is 11.4. The highest BCUT2D eigenvalue weighted by Gasteiger charge is 2.14. The van der Waals surface area contributed by atoms with Gasteiger partial charge in [0.1, 0.15) is 5.82 Å². The van der Waals surface area contributed by atoms with Crippen LogP contribution in [-0.4, -0.2) is 28.9 Å².